The Hall–Kier alpha value is -2.56. The van der Waals surface area contributed by atoms with Crippen LogP contribution in [0.4, 0.5) is 5.69 Å². The molecule has 1 aromatic carbocycles. The van der Waals surface area contributed by atoms with Crippen LogP contribution in [0.1, 0.15) is 18.4 Å². The predicted molar refractivity (Wildman–Crippen MR) is 79.3 cm³/mol. The third kappa shape index (κ3) is 2.42. The molecule has 0 aliphatic carbocycles. The Morgan fingerprint density at radius 2 is 2.35 bits per heavy atom. The lowest BCUT2D eigenvalue weighted by molar-refractivity contribution is 0.538. The highest BCUT2D eigenvalue weighted by molar-refractivity contribution is 5.77. The average molecular weight is 268 g/mol. The summed E-state index contributed by atoms with van der Waals surface area (Å²) >= 11 is 0. The fraction of sp³-hybridized carbons (Fsp3) is 0.200. The van der Waals surface area contributed by atoms with E-state index < -0.39 is 0 Å². The van der Waals surface area contributed by atoms with Crippen molar-refractivity contribution >= 4 is 23.0 Å². The van der Waals surface area contributed by atoms with Crippen LogP contribution in [-0.2, 0) is 13.0 Å². The first-order valence-corrected chi connectivity index (χ1v) is 6.57. The lowest BCUT2D eigenvalue weighted by Gasteiger charge is -2.03. The molecule has 0 atom stereocenters. The van der Waals surface area contributed by atoms with Crippen LogP contribution in [-0.4, -0.2) is 14.8 Å². The number of aromatic nitrogens is 3. The number of hydrogen-bond acceptors (Lipinski definition) is 4. The van der Waals surface area contributed by atoms with E-state index >= 15 is 0 Å². The second-order valence-electron chi connectivity index (χ2n) is 4.51. The van der Waals surface area contributed by atoms with Gasteiger partial charge in [0.05, 0.1) is 6.20 Å². The van der Waals surface area contributed by atoms with E-state index in [0.29, 0.717) is 6.54 Å². The molecule has 20 heavy (non-hydrogen) atoms. The van der Waals surface area contributed by atoms with Gasteiger partial charge in [-0.15, -0.1) is 0 Å². The third-order valence-corrected chi connectivity index (χ3v) is 3.07. The van der Waals surface area contributed by atoms with Crippen LogP contribution in [0.3, 0.4) is 0 Å². The first-order chi connectivity index (χ1) is 9.78. The maximum atomic E-state index is 5.59. The molecule has 0 amide bonds. The van der Waals surface area contributed by atoms with Crippen molar-refractivity contribution in [3.05, 3.63) is 48.6 Å². The summed E-state index contributed by atoms with van der Waals surface area (Å²) in [5.41, 5.74) is 3.82. The van der Waals surface area contributed by atoms with Crippen LogP contribution >= 0.6 is 0 Å². The molecule has 5 heteroatoms. The van der Waals surface area contributed by atoms with E-state index in [1.165, 1.54) is 0 Å². The summed E-state index contributed by atoms with van der Waals surface area (Å²) in [6, 6.07) is 5.93. The molecule has 0 radical (unpaired) electrons. The molecule has 0 spiro atoms. The first kappa shape index (κ1) is 12.5. The summed E-state index contributed by atoms with van der Waals surface area (Å²) in [5.74, 6) is 0.768. The molecule has 0 saturated carbocycles. The lowest BCUT2D eigenvalue weighted by Crippen LogP contribution is -1.97. The van der Waals surface area contributed by atoms with Gasteiger partial charge in [0.15, 0.2) is 11.5 Å². The molecule has 3 rings (SSSR count). The van der Waals surface area contributed by atoms with Crippen LogP contribution in [0.5, 0.6) is 0 Å². The largest absolute Gasteiger partial charge is 0.441 e. The number of oxazole rings is 1. The molecule has 2 aromatic heterocycles. The Labute approximate surface area is 116 Å². The number of rotatable bonds is 5. The highest BCUT2D eigenvalue weighted by Crippen LogP contribution is 2.20. The van der Waals surface area contributed by atoms with Gasteiger partial charge in [-0.2, -0.15) is 5.10 Å². The summed E-state index contributed by atoms with van der Waals surface area (Å²) in [6.07, 6.45) is 6.22. The van der Waals surface area contributed by atoms with E-state index in [2.05, 4.69) is 22.0 Å². The zero-order valence-corrected chi connectivity index (χ0v) is 11.3. The number of benzene rings is 1. The van der Waals surface area contributed by atoms with Crippen molar-refractivity contribution in [1.29, 1.82) is 0 Å². The summed E-state index contributed by atoms with van der Waals surface area (Å²) in [5, 5.41) is 7.49. The van der Waals surface area contributed by atoms with Gasteiger partial charge >= 0.3 is 0 Å². The van der Waals surface area contributed by atoms with E-state index in [-0.39, 0.29) is 0 Å². The Morgan fingerprint density at radius 1 is 1.45 bits per heavy atom. The molecule has 102 valence electrons. The molecule has 1 N–H and O–H groups in total. The molecule has 2 heterocycles. The van der Waals surface area contributed by atoms with Gasteiger partial charge < -0.3 is 9.73 Å². The summed E-state index contributed by atoms with van der Waals surface area (Å²) in [4.78, 5) is 4.43. The number of anilines is 1. The smallest absolute Gasteiger partial charge is 0.195 e. The molecule has 0 unspecified atom stereocenters. The quantitative estimate of drug-likeness (QED) is 0.771. The zero-order chi connectivity index (χ0) is 13.9. The van der Waals surface area contributed by atoms with E-state index in [9.17, 15) is 0 Å². The van der Waals surface area contributed by atoms with Gasteiger partial charge in [0.25, 0.3) is 0 Å². The molecule has 0 aliphatic heterocycles. The summed E-state index contributed by atoms with van der Waals surface area (Å²) < 4.78 is 7.28. The molecule has 0 saturated heterocycles. The highest BCUT2D eigenvalue weighted by Gasteiger charge is 2.05. The van der Waals surface area contributed by atoms with E-state index in [1.807, 2.05) is 37.5 Å². The molecule has 5 nitrogen and oxygen atoms in total. The van der Waals surface area contributed by atoms with Gasteiger partial charge in [0.1, 0.15) is 5.52 Å². The highest BCUT2D eigenvalue weighted by atomic mass is 16.3. The molecular weight excluding hydrogens is 252 g/mol. The molecule has 3 aromatic rings. The SMILES string of the molecule is C=Cn1cc(CNc2ccc3oc(CC)nc3c2)cn1. The van der Waals surface area contributed by atoms with Crippen LogP contribution in [0.2, 0.25) is 0 Å². The van der Waals surface area contributed by atoms with E-state index in [4.69, 9.17) is 4.42 Å². The second-order valence-corrected chi connectivity index (χ2v) is 4.51. The van der Waals surface area contributed by atoms with Gasteiger partial charge in [0.2, 0.25) is 0 Å². The fourth-order valence-electron chi connectivity index (χ4n) is 2.01. The van der Waals surface area contributed by atoms with E-state index in [1.54, 1.807) is 10.9 Å². The zero-order valence-electron chi connectivity index (χ0n) is 11.3. The van der Waals surface area contributed by atoms with Crippen LogP contribution in [0, 0.1) is 0 Å². The molecule has 0 bridgehead atoms. The topological polar surface area (TPSA) is 55.9 Å². The minimum atomic E-state index is 0.706. The number of hydrogen-bond donors (Lipinski definition) is 1. The molecular formula is C15H16N4O. The van der Waals surface area contributed by atoms with Crippen LogP contribution in [0.25, 0.3) is 17.3 Å². The number of nitrogens with one attached hydrogen (secondary N) is 1. The summed E-state index contributed by atoms with van der Waals surface area (Å²) in [7, 11) is 0. The van der Waals surface area contributed by atoms with Crippen LogP contribution < -0.4 is 5.32 Å². The van der Waals surface area contributed by atoms with Gasteiger partial charge in [-0.3, -0.25) is 0 Å². The third-order valence-electron chi connectivity index (χ3n) is 3.07. The average Bonchev–Trinajstić information content (AvgIpc) is 3.10. The van der Waals surface area contributed by atoms with Crippen molar-refractivity contribution in [2.75, 3.05) is 5.32 Å². The van der Waals surface area contributed by atoms with Gasteiger partial charge in [-0.25, -0.2) is 9.67 Å². The minimum absolute atomic E-state index is 0.706. The normalized spacial score (nSPS) is 10.8. The Bertz CT molecular complexity index is 741. The standard InChI is InChI=1S/C15H16N4O/c1-3-15-18-13-7-12(5-6-14(13)20-15)16-8-11-9-17-19(4-2)10-11/h4-7,9-10,16H,2-3,8H2,1H3. The van der Waals surface area contributed by atoms with Crippen molar-refractivity contribution in [3.8, 4) is 0 Å². The maximum absolute atomic E-state index is 5.59. The van der Waals surface area contributed by atoms with Crippen LogP contribution in [0.15, 0.2) is 41.6 Å². The fourth-order valence-corrected chi connectivity index (χ4v) is 2.01. The number of fused-ring (bicyclic) bond motifs is 1. The van der Waals surface area contributed by atoms with Gasteiger partial charge in [-0.05, 0) is 18.2 Å². The predicted octanol–water partition coefficient (Wildman–Crippen LogP) is 3.30. The molecule has 0 aliphatic rings. The molecule has 0 fully saturated rings. The van der Waals surface area contributed by atoms with Crippen molar-refractivity contribution in [1.82, 2.24) is 14.8 Å². The van der Waals surface area contributed by atoms with Crippen molar-refractivity contribution in [2.24, 2.45) is 0 Å². The first-order valence-electron chi connectivity index (χ1n) is 6.57. The van der Waals surface area contributed by atoms with Crippen molar-refractivity contribution in [3.63, 3.8) is 0 Å². The van der Waals surface area contributed by atoms with Gasteiger partial charge in [-0.1, -0.05) is 13.5 Å². The van der Waals surface area contributed by atoms with Crippen molar-refractivity contribution in [2.45, 2.75) is 19.9 Å². The second kappa shape index (κ2) is 5.21. The Kier molecular flexibility index (Phi) is 3.25. The Balaban J connectivity index is 1.75. The van der Waals surface area contributed by atoms with E-state index in [0.717, 1.165) is 34.7 Å². The van der Waals surface area contributed by atoms with Gasteiger partial charge in [0, 0.05) is 36.6 Å². The lowest BCUT2D eigenvalue weighted by atomic mass is 10.2. The van der Waals surface area contributed by atoms with Crippen molar-refractivity contribution < 1.29 is 4.42 Å². The number of aryl methyl sites for hydroxylation is 1. The minimum Gasteiger partial charge on any atom is -0.441 e. The maximum Gasteiger partial charge on any atom is 0.195 e. The Morgan fingerprint density at radius 3 is 3.10 bits per heavy atom. The summed E-state index contributed by atoms with van der Waals surface area (Å²) in [6.45, 7) is 6.40. The number of nitrogens with zero attached hydrogens (tertiary/aromatic N) is 3. The monoisotopic (exact) mass is 268 g/mol.